The second-order valence-electron chi connectivity index (χ2n) is 9.52. The third-order valence-electron chi connectivity index (χ3n) is 6.08. The van der Waals surface area contributed by atoms with Crippen LogP contribution in [0.5, 0.6) is 5.75 Å². The average Bonchev–Trinajstić information content (AvgIpc) is 2.71. The van der Waals surface area contributed by atoms with Crippen LogP contribution in [0.2, 0.25) is 5.02 Å². The summed E-state index contributed by atoms with van der Waals surface area (Å²) in [6.07, 6.45) is 3.89. The molecule has 172 valence electrons. The standard InChI is InChI=1S/C26H31ClN2O3.Na.H/c1-25(2,3)32-24(30)29-15-16-31-21-10-5-18-11-14-28-23(22(18)17-21)26(12-4-13-26)19-6-8-20(27)9-7-19;;/h5-10,17H,4,11-16H2,1-3H3,(H,29,30);;/q;+1;-1. The molecule has 1 aliphatic heterocycles. The predicted octanol–water partition coefficient (Wildman–Crippen LogP) is 2.83. The van der Waals surface area contributed by atoms with Gasteiger partial charge in [-0.3, -0.25) is 4.99 Å². The zero-order chi connectivity index (χ0) is 22.8. The Morgan fingerprint density at radius 3 is 2.55 bits per heavy atom. The maximum atomic E-state index is 11.8. The van der Waals surface area contributed by atoms with Gasteiger partial charge >= 0.3 is 35.7 Å². The van der Waals surface area contributed by atoms with Crippen LogP contribution in [0.4, 0.5) is 4.79 Å². The van der Waals surface area contributed by atoms with Crippen LogP contribution in [-0.4, -0.2) is 37.1 Å². The topological polar surface area (TPSA) is 59.9 Å². The Bertz CT molecular complexity index is 1020. The SMILES string of the molecule is CC(C)(C)OC(=O)NCCOc1ccc2c(c1)C(C1(c3ccc(Cl)cc3)CCC1)=NCC2.[H-].[Na+]. The van der Waals surface area contributed by atoms with Gasteiger partial charge in [0, 0.05) is 22.5 Å². The first-order valence-corrected chi connectivity index (χ1v) is 11.7. The number of ether oxygens (including phenoxy) is 2. The monoisotopic (exact) mass is 478 g/mol. The molecule has 0 atom stereocenters. The summed E-state index contributed by atoms with van der Waals surface area (Å²) in [5.74, 6) is 0.787. The fraction of sp³-hybridized carbons (Fsp3) is 0.462. The number of carbonyl (C=O) groups excluding carboxylic acids is 1. The van der Waals surface area contributed by atoms with Gasteiger partial charge < -0.3 is 16.2 Å². The molecule has 1 fully saturated rings. The summed E-state index contributed by atoms with van der Waals surface area (Å²) in [4.78, 5) is 16.8. The second kappa shape index (κ2) is 10.8. The van der Waals surface area contributed by atoms with Crippen molar-refractivity contribution < 1.29 is 45.3 Å². The molecule has 1 N–H and O–H groups in total. The van der Waals surface area contributed by atoms with Crippen LogP contribution >= 0.6 is 11.6 Å². The van der Waals surface area contributed by atoms with E-state index in [0.717, 1.165) is 36.6 Å². The van der Waals surface area contributed by atoms with E-state index in [9.17, 15) is 4.79 Å². The number of halogens is 1. The molecule has 1 heterocycles. The van der Waals surface area contributed by atoms with Crippen molar-refractivity contribution in [3.63, 3.8) is 0 Å². The summed E-state index contributed by atoms with van der Waals surface area (Å²) in [7, 11) is 0. The number of hydrogen-bond donors (Lipinski definition) is 1. The average molecular weight is 479 g/mol. The van der Waals surface area contributed by atoms with Gasteiger partial charge in [0.15, 0.2) is 0 Å². The molecule has 2 aromatic rings. The van der Waals surface area contributed by atoms with Crippen molar-refractivity contribution in [3.8, 4) is 5.75 Å². The van der Waals surface area contributed by atoms with Gasteiger partial charge in [0.1, 0.15) is 18.0 Å². The zero-order valence-corrected chi connectivity index (χ0v) is 22.8. The van der Waals surface area contributed by atoms with E-state index in [1.165, 1.54) is 28.8 Å². The van der Waals surface area contributed by atoms with Crippen LogP contribution in [0, 0.1) is 0 Å². The van der Waals surface area contributed by atoms with Crippen LogP contribution in [0.15, 0.2) is 47.5 Å². The Labute approximate surface area is 225 Å². The minimum Gasteiger partial charge on any atom is -1.00 e. The maximum Gasteiger partial charge on any atom is 1.00 e. The van der Waals surface area contributed by atoms with Crippen LogP contribution in [0.25, 0.3) is 0 Å². The molecule has 1 amide bonds. The van der Waals surface area contributed by atoms with Crippen LogP contribution in [0.1, 0.15) is 58.2 Å². The molecule has 1 saturated carbocycles. The Kier molecular flexibility index (Phi) is 8.55. The Morgan fingerprint density at radius 2 is 1.91 bits per heavy atom. The first-order chi connectivity index (χ1) is 15.3. The van der Waals surface area contributed by atoms with Gasteiger partial charge in [0.05, 0.1) is 12.3 Å². The van der Waals surface area contributed by atoms with Crippen molar-refractivity contribution in [2.24, 2.45) is 4.99 Å². The summed E-state index contributed by atoms with van der Waals surface area (Å²) in [5.41, 5.74) is 4.40. The maximum absolute atomic E-state index is 11.8. The summed E-state index contributed by atoms with van der Waals surface area (Å²) in [6.45, 7) is 7.09. The Hall–Kier alpha value is -1.53. The van der Waals surface area contributed by atoms with Gasteiger partial charge in [-0.15, -0.1) is 0 Å². The second-order valence-corrected chi connectivity index (χ2v) is 9.96. The number of rotatable bonds is 6. The summed E-state index contributed by atoms with van der Waals surface area (Å²) < 4.78 is 11.2. The molecule has 5 nitrogen and oxygen atoms in total. The minimum absolute atomic E-state index is 0. The molecule has 0 saturated heterocycles. The van der Waals surface area contributed by atoms with Crippen molar-refractivity contribution >= 4 is 23.4 Å². The van der Waals surface area contributed by atoms with Crippen molar-refractivity contribution in [1.82, 2.24) is 5.32 Å². The van der Waals surface area contributed by atoms with E-state index in [-0.39, 0.29) is 36.4 Å². The number of nitrogens with one attached hydrogen (secondary N) is 1. The predicted molar refractivity (Wildman–Crippen MR) is 129 cm³/mol. The molecule has 0 radical (unpaired) electrons. The van der Waals surface area contributed by atoms with E-state index in [0.29, 0.717) is 13.2 Å². The molecular weight excluding hydrogens is 447 g/mol. The van der Waals surface area contributed by atoms with Crippen molar-refractivity contribution in [1.29, 1.82) is 0 Å². The molecule has 2 aliphatic rings. The quantitative estimate of drug-likeness (QED) is 0.513. The van der Waals surface area contributed by atoms with E-state index in [2.05, 4.69) is 29.6 Å². The number of nitrogens with zero attached hydrogens (tertiary/aromatic N) is 1. The molecule has 1 aliphatic carbocycles. The number of hydrogen-bond acceptors (Lipinski definition) is 4. The third-order valence-corrected chi connectivity index (χ3v) is 6.34. The van der Waals surface area contributed by atoms with Crippen molar-refractivity contribution in [2.45, 2.75) is 57.5 Å². The molecule has 0 unspecified atom stereocenters. The van der Waals surface area contributed by atoms with Crippen LogP contribution in [0.3, 0.4) is 0 Å². The normalized spacial score (nSPS) is 16.4. The van der Waals surface area contributed by atoms with Gasteiger partial charge in [-0.2, -0.15) is 0 Å². The van der Waals surface area contributed by atoms with Gasteiger partial charge in [-0.05, 0) is 75.4 Å². The first-order valence-electron chi connectivity index (χ1n) is 11.3. The number of carbonyl (C=O) groups is 1. The summed E-state index contributed by atoms with van der Waals surface area (Å²) in [5, 5.41) is 3.48. The fourth-order valence-electron chi connectivity index (χ4n) is 4.46. The molecule has 0 bridgehead atoms. The molecular formula is C26H32ClN2NaO3. The largest absolute Gasteiger partial charge is 1.00 e. The Morgan fingerprint density at radius 1 is 1.18 bits per heavy atom. The van der Waals surface area contributed by atoms with Gasteiger partial charge in [-0.1, -0.05) is 36.2 Å². The van der Waals surface area contributed by atoms with E-state index in [1.807, 2.05) is 39.0 Å². The van der Waals surface area contributed by atoms with Gasteiger partial charge in [-0.25, -0.2) is 4.79 Å². The van der Waals surface area contributed by atoms with Crippen molar-refractivity contribution in [2.75, 3.05) is 19.7 Å². The zero-order valence-electron chi connectivity index (χ0n) is 21.0. The van der Waals surface area contributed by atoms with Crippen molar-refractivity contribution in [3.05, 3.63) is 64.2 Å². The minimum atomic E-state index is -0.513. The van der Waals surface area contributed by atoms with Crippen LogP contribution < -0.4 is 39.6 Å². The molecule has 2 aromatic carbocycles. The number of benzene rings is 2. The third kappa shape index (κ3) is 6.13. The summed E-state index contributed by atoms with van der Waals surface area (Å²) >= 11 is 6.14. The van der Waals surface area contributed by atoms with E-state index in [4.69, 9.17) is 26.1 Å². The van der Waals surface area contributed by atoms with E-state index >= 15 is 0 Å². The molecule has 7 heteroatoms. The van der Waals surface area contributed by atoms with Gasteiger partial charge in [0.25, 0.3) is 0 Å². The first kappa shape index (κ1) is 26.1. The molecule has 4 rings (SSSR count). The van der Waals surface area contributed by atoms with Gasteiger partial charge in [0.2, 0.25) is 0 Å². The molecule has 33 heavy (non-hydrogen) atoms. The molecule has 0 aromatic heterocycles. The fourth-order valence-corrected chi connectivity index (χ4v) is 4.59. The van der Waals surface area contributed by atoms with E-state index < -0.39 is 11.7 Å². The summed E-state index contributed by atoms with van der Waals surface area (Å²) in [6, 6.07) is 14.5. The number of amides is 1. The van der Waals surface area contributed by atoms with E-state index in [1.54, 1.807) is 0 Å². The number of alkyl carbamates (subject to hydrolysis) is 1. The number of aliphatic imine (C=N–C) groups is 1. The van der Waals surface area contributed by atoms with Crippen LogP contribution in [-0.2, 0) is 16.6 Å². The Balaban J connectivity index is 0.00000204. The molecule has 0 spiro atoms. The number of fused-ring (bicyclic) bond motifs is 1. The smallest absolute Gasteiger partial charge is 1.00 e.